The summed E-state index contributed by atoms with van der Waals surface area (Å²) >= 11 is 0. The maximum absolute atomic E-state index is 11.5. The van der Waals surface area contributed by atoms with Crippen molar-refractivity contribution in [2.45, 2.75) is 33.6 Å². The van der Waals surface area contributed by atoms with Crippen molar-refractivity contribution in [2.75, 3.05) is 6.61 Å². The smallest absolute Gasteiger partial charge is 0.331 e. The number of allylic oxidation sites excluding steroid dienone is 2. The van der Waals surface area contributed by atoms with Gasteiger partial charge in [0, 0.05) is 12.0 Å². The van der Waals surface area contributed by atoms with Crippen molar-refractivity contribution >= 4 is 11.8 Å². The first-order valence-electron chi connectivity index (χ1n) is 6.04. The topological polar surface area (TPSA) is 43.4 Å². The van der Waals surface area contributed by atoms with Crippen LogP contribution in [0.15, 0.2) is 23.8 Å². The Morgan fingerprint density at radius 1 is 1.53 bits per heavy atom. The summed E-state index contributed by atoms with van der Waals surface area (Å²) in [6, 6.07) is 0. The molecule has 0 saturated heterocycles. The molecule has 0 aromatic heterocycles. The van der Waals surface area contributed by atoms with E-state index < -0.39 is 0 Å². The molecule has 0 aromatic carbocycles. The van der Waals surface area contributed by atoms with Gasteiger partial charge in [-0.15, -0.1) is 0 Å². The first-order chi connectivity index (χ1) is 7.97. The third-order valence-electron chi connectivity index (χ3n) is 3.34. The van der Waals surface area contributed by atoms with Gasteiger partial charge in [0.1, 0.15) is 5.78 Å². The van der Waals surface area contributed by atoms with E-state index in [2.05, 4.69) is 6.58 Å². The van der Waals surface area contributed by atoms with E-state index in [0.29, 0.717) is 6.61 Å². The minimum atomic E-state index is -0.347. The summed E-state index contributed by atoms with van der Waals surface area (Å²) < 4.78 is 4.90. The van der Waals surface area contributed by atoms with Crippen molar-refractivity contribution in [1.29, 1.82) is 0 Å². The average Bonchev–Trinajstić information content (AvgIpc) is 2.24. The van der Waals surface area contributed by atoms with Crippen LogP contribution in [0.2, 0.25) is 0 Å². The van der Waals surface area contributed by atoms with Crippen LogP contribution in [0.5, 0.6) is 0 Å². The highest BCUT2D eigenvalue weighted by molar-refractivity contribution is 5.85. The predicted octanol–water partition coefficient (Wildman–Crippen LogP) is 2.67. The van der Waals surface area contributed by atoms with E-state index in [4.69, 9.17) is 4.74 Å². The van der Waals surface area contributed by atoms with Gasteiger partial charge in [-0.25, -0.2) is 4.79 Å². The molecule has 1 rings (SSSR count). The third-order valence-corrected chi connectivity index (χ3v) is 3.34. The van der Waals surface area contributed by atoms with Gasteiger partial charge in [0.25, 0.3) is 0 Å². The second kappa shape index (κ2) is 5.80. The Morgan fingerprint density at radius 2 is 2.18 bits per heavy atom. The molecule has 0 radical (unpaired) electrons. The van der Waals surface area contributed by atoms with E-state index >= 15 is 0 Å². The number of carbonyl (C=O) groups is 2. The lowest BCUT2D eigenvalue weighted by atomic mass is 9.73. The molecule has 0 aliphatic heterocycles. The van der Waals surface area contributed by atoms with E-state index in [1.54, 1.807) is 13.8 Å². The van der Waals surface area contributed by atoms with Crippen molar-refractivity contribution < 1.29 is 14.3 Å². The van der Waals surface area contributed by atoms with Crippen molar-refractivity contribution in [3.8, 4) is 0 Å². The molecule has 0 amide bonds. The van der Waals surface area contributed by atoms with E-state index in [9.17, 15) is 9.59 Å². The third kappa shape index (κ3) is 3.29. The zero-order valence-electron chi connectivity index (χ0n) is 10.8. The first-order valence-corrected chi connectivity index (χ1v) is 6.04. The minimum Gasteiger partial charge on any atom is -0.463 e. The number of hydrogen-bond acceptors (Lipinski definition) is 3. The number of ether oxygens (including phenoxy) is 1. The second-order valence-corrected chi connectivity index (χ2v) is 4.50. The Kier molecular flexibility index (Phi) is 4.67. The molecule has 0 bridgehead atoms. The highest BCUT2D eigenvalue weighted by Gasteiger charge is 2.30. The fraction of sp³-hybridized carbons (Fsp3) is 0.571. The lowest BCUT2D eigenvalue weighted by Crippen LogP contribution is -2.26. The summed E-state index contributed by atoms with van der Waals surface area (Å²) in [4.78, 5) is 23.0. The Bertz CT molecular complexity index is 366. The highest BCUT2D eigenvalue weighted by atomic mass is 16.5. The number of carbonyl (C=O) groups excluding carboxylic acids is 2. The Balaban J connectivity index is 2.90. The van der Waals surface area contributed by atoms with Crippen molar-refractivity contribution in [1.82, 2.24) is 0 Å². The molecule has 3 nitrogen and oxygen atoms in total. The Hall–Kier alpha value is -1.38. The van der Waals surface area contributed by atoms with E-state index in [-0.39, 0.29) is 23.6 Å². The minimum absolute atomic E-state index is 0.00109. The van der Waals surface area contributed by atoms with E-state index in [0.717, 1.165) is 24.0 Å². The van der Waals surface area contributed by atoms with Gasteiger partial charge in [0.2, 0.25) is 0 Å². The number of ketones is 1. The van der Waals surface area contributed by atoms with Gasteiger partial charge in [-0.05, 0) is 38.2 Å². The van der Waals surface area contributed by atoms with Crippen LogP contribution in [-0.4, -0.2) is 18.4 Å². The van der Waals surface area contributed by atoms with Crippen LogP contribution in [-0.2, 0) is 14.3 Å². The van der Waals surface area contributed by atoms with Gasteiger partial charge in [-0.3, -0.25) is 4.79 Å². The average molecular weight is 236 g/mol. The molecule has 0 spiro atoms. The van der Waals surface area contributed by atoms with Gasteiger partial charge >= 0.3 is 5.97 Å². The molecule has 0 unspecified atom stereocenters. The maximum atomic E-state index is 11.5. The van der Waals surface area contributed by atoms with Crippen molar-refractivity contribution in [2.24, 2.45) is 11.8 Å². The molecule has 94 valence electrons. The zero-order valence-corrected chi connectivity index (χ0v) is 10.8. The molecule has 2 atom stereocenters. The standard InChI is InChI=1S/C14H20O3/c1-5-17-14(16)8-13-9(2)6-7-12(10(13)3)11(4)15/h8,10,12H,2,5-7H2,1,3-4H3/b13-8-/t10-,12-/m1/s1. The molecule has 0 aromatic rings. The maximum Gasteiger partial charge on any atom is 0.331 e. The molecule has 1 aliphatic rings. The summed E-state index contributed by atoms with van der Waals surface area (Å²) in [5.41, 5.74) is 1.82. The fourth-order valence-corrected chi connectivity index (χ4v) is 2.36. The summed E-state index contributed by atoms with van der Waals surface area (Å²) in [6.07, 6.45) is 3.10. The largest absolute Gasteiger partial charge is 0.463 e. The monoisotopic (exact) mass is 236 g/mol. The van der Waals surface area contributed by atoms with Crippen LogP contribution >= 0.6 is 0 Å². The molecule has 1 fully saturated rings. The van der Waals surface area contributed by atoms with Crippen LogP contribution in [0.3, 0.4) is 0 Å². The second-order valence-electron chi connectivity index (χ2n) is 4.50. The molecule has 0 heterocycles. The number of Topliss-reactive ketones (excluding diaryl/α,β-unsaturated/α-hetero) is 1. The van der Waals surface area contributed by atoms with Crippen LogP contribution in [0, 0.1) is 11.8 Å². The first kappa shape index (κ1) is 13.7. The fourth-order valence-electron chi connectivity index (χ4n) is 2.36. The van der Waals surface area contributed by atoms with Gasteiger partial charge in [-0.2, -0.15) is 0 Å². The summed E-state index contributed by atoms with van der Waals surface area (Å²) in [5.74, 6) is -0.112. The Labute approximate surface area is 103 Å². The van der Waals surface area contributed by atoms with Crippen LogP contribution in [0.25, 0.3) is 0 Å². The van der Waals surface area contributed by atoms with Crippen LogP contribution in [0.4, 0.5) is 0 Å². The normalized spacial score (nSPS) is 27.0. The number of esters is 1. The van der Waals surface area contributed by atoms with Gasteiger partial charge < -0.3 is 4.74 Å². The Morgan fingerprint density at radius 3 is 2.71 bits per heavy atom. The lowest BCUT2D eigenvalue weighted by molar-refractivity contribution is -0.137. The lowest BCUT2D eigenvalue weighted by Gasteiger charge is -2.31. The molecule has 1 saturated carbocycles. The summed E-state index contributed by atoms with van der Waals surface area (Å²) in [7, 11) is 0. The van der Waals surface area contributed by atoms with Gasteiger partial charge in [-0.1, -0.05) is 19.1 Å². The van der Waals surface area contributed by atoms with Gasteiger partial charge in [0.05, 0.1) is 6.61 Å². The van der Waals surface area contributed by atoms with Gasteiger partial charge in [0.15, 0.2) is 0 Å². The molecular weight excluding hydrogens is 216 g/mol. The molecular formula is C14H20O3. The molecule has 3 heteroatoms. The molecule has 1 aliphatic carbocycles. The van der Waals surface area contributed by atoms with Crippen molar-refractivity contribution in [3.05, 3.63) is 23.8 Å². The number of hydrogen-bond donors (Lipinski definition) is 0. The highest BCUT2D eigenvalue weighted by Crippen LogP contribution is 2.37. The summed E-state index contributed by atoms with van der Waals surface area (Å²) in [5, 5.41) is 0. The number of rotatable bonds is 3. The molecule has 17 heavy (non-hydrogen) atoms. The SMILES string of the molecule is C=C1CC[C@@H](C(C)=O)[C@@H](C)/C1=C\C(=O)OCC. The van der Waals surface area contributed by atoms with E-state index in [1.165, 1.54) is 6.08 Å². The van der Waals surface area contributed by atoms with E-state index in [1.807, 2.05) is 6.92 Å². The van der Waals surface area contributed by atoms with Crippen molar-refractivity contribution in [3.63, 3.8) is 0 Å². The van der Waals surface area contributed by atoms with Crippen LogP contribution < -0.4 is 0 Å². The quantitative estimate of drug-likeness (QED) is 0.559. The summed E-state index contributed by atoms with van der Waals surface area (Å²) in [6.45, 7) is 9.68. The van der Waals surface area contributed by atoms with Crippen LogP contribution in [0.1, 0.15) is 33.6 Å². The zero-order chi connectivity index (χ0) is 13.0. The predicted molar refractivity (Wildman–Crippen MR) is 66.4 cm³/mol. The molecule has 0 N–H and O–H groups in total.